The topological polar surface area (TPSA) is 28.6 Å². The molecule has 0 amide bonds. The molecule has 1 aromatic heterocycles. The summed E-state index contributed by atoms with van der Waals surface area (Å²) in [4.78, 5) is 8.86. The summed E-state index contributed by atoms with van der Waals surface area (Å²) in [5.41, 5.74) is 0.944. The number of nitrogens with zero attached hydrogens (tertiary/aromatic N) is 3. The van der Waals surface area contributed by atoms with Gasteiger partial charge < -0.3 is 14.5 Å². The predicted octanol–water partition coefficient (Wildman–Crippen LogP) is 2.56. The Morgan fingerprint density at radius 2 is 1.81 bits per heavy atom. The normalized spacial score (nSPS) is 15.1. The van der Waals surface area contributed by atoms with Crippen LogP contribution in [0.5, 0.6) is 5.75 Å². The van der Waals surface area contributed by atoms with Crippen molar-refractivity contribution >= 4 is 11.5 Å². The Bertz CT molecular complexity index is 598. The lowest BCUT2D eigenvalue weighted by molar-refractivity contribution is 0.410. The van der Waals surface area contributed by atoms with Crippen molar-refractivity contribution in [3.8, 4) is 5.75 Å². The summed E-state index contributed by atoms with van der Waals surface area (Å²) in [6, 6.07) is 10.6. The first kappa shape index (κ1) is 13.7. The monoisotopic (exact) mass is 287 g/mol. The first-order valence-corrected chi connectivity index (χ1v) is 7.02. The van der Waals surface area contributed by atoms with Gasteiger partial charge in [-0.05, 0) is 24.3 Å². The Hall–Kier alpha value is -2.30. The van der Waals surface area contributed by atoms with Gasteiger partial charge in [0.05, 0.1) is 12.8 Å². The van der Waals surface area contributed by atoms with Gasteiger partial charge in [0.15, 0.2) is 0 Å². The van der Waals surface area contributed by atoms with Crippen molar-refractivity contribution in [2.45, 2.75) is 0 Å². The molecule has 0 atom stereocenters. The molecule has 3 rings (SSSR count). The van der Waals surface area contributed by atoms with E-state index in [9.17, 15) is 4.39 Å². The number of anilines is 2. The number of methoxy groups -OCH3 is 1. The van der Waals surface area contributed by atoms with Gasteiger partial charge >= 0.3 is 0 Å². The number of aromatic nitrogens is 1. The van der Waals surface area contributed by atoms with Gasteiger partial charge in [-0.15, -0.1) is 0 Å². The molecule has 1 aliphatic heterocycles. The van der Waals surface area contributed by atoms with E-state index in [1.165, 1.54) is 12.1 Å². The van der Waals surface area contributed by atoms with Crippen LogP contribution in [0.2, 0.25) is 0 Å². The second-order valence-electron chi connectivity index (χ2n) is 4.98. The van der Waals surface area contributed by atoms with E-state index >= 15 is 0 Å². The number of benzene rings is 1. The molecule has 1 aromatic carbocycles. The van der Waals surface area contributed by atoms with Crippen LogP contribution in [0, 0.1) is 5.82 Å². The summed E-state index contributed by atoms with van der Waals surface area (Å²) in [5.74, 6) is 1.31. The molecule has 0 bridgehead atoms. The second-order valence-corrected chi connectivity index (χ2v) is 4.98. The van der Waals surface area contributed by atoms with Crippen LogP contribution >= 0.6 is 0 Å². The van der Waals surface area contributed by atoms with Gasteiger partial charge in [0.2, 0.25) is 0 Å². The third-order valence-electron chi connectivity index (χ3n) is 3.74. The lowest BCUT2D eigenvalue weighted by atomic mass is 10.2. The molecule has 1 saturated heterocycles. The highest BCUT2D eigenvalue weighted by Crippen LogP contribution is 2.30. The molecular formula is C16H18FN3O. The predicted molar refractivity (Wildman–Crippen MR) is 81.6 cm³/mol. The highest BCUT2D eigenvalue weighted by molar-refractivity contribution is 5.59. The summed E-state index contributed by atoms with van der Waals surface area (Å²) < 4.78 is 18.6. The average molecular weight is 287 g/mol. The molecule has 21 heavy (non-hydrogen) atoms. The van der Waals surface area contributed by atoms with Gasteiger partial charge in [-0.25, -0.2) is 9.37 Å². The Balaban J connectivity index is 1.71. The first-order chi connectivity index (χ1) is 10.3. The smallest absolute Gasteiger partial charge is 0.145 e. The number of rotatable bonds is 3. The number of hydrogen-bond acceptors (Lipinski definition) is 4. The minimum atomic E-state index is -0.275. The van der Waals surface area contributed by atoms with Gasteiger partial charge in [-0.1, -0.05) is 6.07 Å². The standard InChI is InChI=1S/C16H18FN3O/c1-21-15-12-13(17)5-6-14(15)19-8-10-20(11-9-19)16-4-2-3-7-18-16/h2-7,12H,8-11H2,1H3. The first-order valence-electron chi connectivity index (χ1n) is 7.02. The fourth-order valence-corrected chi connectivity index (χ4v) is 2.63. The third kappa shape index (κ3) is 2.91. The molecule has 2 aromatic rings. The van der Waals surface area contributed by atoms with Crippen LogP contribution < -0.4 is 14.5 Å². The molecule has 0 radical (unpaired) electrons. The summed E-state index contributed by atoms with van der Waals surface area (Å²) >= 11 is 0. The van der Waals surface area contributed by atoms with Gasteiger partial charge in [-0.3, -0.25) is 0 Å². The highest BCUT2D eigenvalue weighted by Gasteiger charge is 2.20. The van der Waals surface area contributed by atoms with E-state index in [4.69, 9.17) is 4.74 Å². The molecule has 4 nitrogen and oxygen atoms in total. The largest absolute Gasteiger partial charge is 0.494 e. The number of ether oxygens (including phenoxy) is 1. The molecular weight excluding hydrogens is 269 g/mol. The van der Waals surface area contributed by atoms with Crippen LogP contribution in [-0.4, -0.2) is 38.3 Å². The molecule has 5 heteroatoms. The molecule has 1 aliphatic rings. The van der Waals surface area contributed by atoms with Crippen LogP contribution in [0.25, 0.3) is 0 Å². The SMILES string of the molecule is COc1cc(F)ccc1N1CCN(c2ccccn2)CC1. The van der Waals surface area contributed by atoms with E-state index in [0.717, 1.165) is 37.7 Å². The van der Waals surface area contributed by atoms with Crippen LogP contribution in [0.4, 0.5) is 15.9 Å². The van der Waals surface area contributed by atoms with Crippen molar-refractivity contribution in [1.82, 2.24) is 4.98 Å². The van der Waals surface area contributed by atoms with Gasteiger partial charge in [0.25, 0.3) is 0 Å². The van der Waals surface area contributed by atoms with Gasteiger partial charge in [-0.2, -0.15) is 0 Å². The van der Waals surface area contributed by atoms with Crippen molar-refractivity contribution < 1.29 is 9.13 Å². The lowest BCUT2D eigenvalue weighted by Gasteiger charge is -2.37. The van der Waals surface area contributed by atoms with Crippen LogP contribution in [0.1, 0.15) is 0 Å². The summed E-state index contributed by atoms with van der Waals surface area (Å²) in [7, 11) is 1.57. The van der Waals surface area contributed by atoms with E-state index in [1.807, 2.05) is 24.4 Å². The van der Waals surface area contributed by atoms with E-state index in [-0.39, 0.29) is 5.82 Å². The summed E-state index contributed by atoms with van der Waals surface area (Å²) in [6.45, 7) is 3.49. The zero-order chi connectivity index (χ0) is 14.7. The Kier molecular flexibility index (Phi) is 3.90. The zero-order valence-electron chi connectivity index (χ0n) is 12.0. The average Bonchev–Trinajstić information content (AvgIpc) is 2.56. The molecule has 110 valence electrons. The van der Waals surface area contributed by atoms with Crippen molar-refractivity contribution in [2.24, 2.45) is 0 Å². The Labute approximate surface area is 123 Å². The van der Waals surface area contributed by atoms with Crippen LogP contribution in [-0.2, 0) is 0 Å². The van der Waals surface area contributed by atoms with Crippen LogP contribution in [0.15, 0.2) is 42.6 Å². The van der Waals surface area contributed by atoms with Crippen LogP contribution in [0.3, 0.4) is 0 Å². The number of halogens is 1. The molecule has 0 unspecified atom stereocenters. The van der Waals surface area contributed by atoms with E-state index in [2.05, 4.69) is 14.8 Å². The maximum absolute atomic E-state index is 13.3. The molecule has 1 fully saturated rings. The minimum absolute atomic E-state index is 0.275. The van der Waals surface area contributed by atoms with Gasteiger partial charge in [0, 0.05) is 38.4 Å². The summed E-state index contributed by atoms with van der Waals surface area (Å²) in [6.07, 6.45) is 1.81. The quantitative estimate of drug-likeness (QED) is 0.867. The Morgan fingerprint density at radius 3 is 2.48 bits per heavy atom. The lowest BCUT2D eigenvalue weighted by Crippen LogP contribution is -2.46. The molecule has 0 N–H and O–H groups in total. The fraction of sp³-hybridized carbons (Fsp3) is 0.312. The number of piperazine rings is 1. The van der Waals surface area contributed by atoms with Gasteiger partial charge in [0.1, 0.15) is 17.4 Å². The number of hydrogen-bond donors (Lipinski definition) is 0. The summed E-state index contributed by atoms with van der Waals surface area (Å²) in [5, 5.41) is 0. The van der Waals surface area contributed by atoms with Crippen molar-refractivity contribution in [1.29, 1.82) is 0 Å². The zero-order valence-corrected chi connectivity index (χ0v) is 12.0. The van der Waals surface area contributed by atoms with E-state index < -0.39 is 0 Å². The van der Waals surface area contributed by atoms with E-state index in [0.29, 0.717) is 5.75 Å². The molecule has 0 spiro atoms. The highest BCUT2D eigenvalue weighted by atomic mass is 19.1. The fourth-order valence-electron chi connectivity index (χ4n) is 2.63. The maximum Gasteiger partial charge on any atom is 0.145 e. The van der Waals surface area contributed by atoms with Crippen molar-refractivity contribution in [2.75, 3.05) is 43.1 Å². The van der Waals surface area contributed by atoms with Crippen molar-refractivity contribution in [3.05, 3.63) is 48.4 Å². The Morgan fingerprint density at radius 1 is 1.05 bits per heavy atom. The molecule has 0 aliphatic carbocycles. The van der Waals surface area contributed by atoms with E-state index in [1.54, 1.807) is 13.2 Å². The third-order valence-corrected chi connectivity index (χ3v) is 3.74. The second kappa shape index (κ2) is 5.99. The van der Waals surface area contributed by atoms with Crippen molar-refractivity contribution in [3.63, 3.8) is 0 Å². The number of pyridine rings is 1. The molecule has 2 heterocycles. The minimum Gasteiger partial charge on any atom is -0.494 e. The molecule has 0 saturated carbocycles. The maximum atomic E-state index is 13.3.